The average Bonchev–Trinajstić information content (AvgIpc) is 2.95. The maximum Gasteiger partial charge on any atom is 0.493 e. The van der Waals surface area contributed by atoms with E-state index >= 15 is 0 Å². The van der Waals surface area contributed by atoms with Gasteiger partial charge in [0.05, 0.1) is 12.5 Å². The van der Waals surface area contributed by atoms with E-state index in [9.17, 15) is 4.79 Å². The van der Waals surface area contributed by atoms with Gasteiger partial charge in [0.15, 0.2) is 6.29 Å². The SMILES string of the molecule is CC1(C)COB(c2ccc(Cn3cncc3C=O)cc2)OC1. The number of hydrogen-bond acceptors (Lipinski definition) is 4. The third-order valence-corrected chi connectivity index (χ3v) is 3.72. The second-order valence-electron chi connectivity index (χ2n) is 6.42. The topological polar surface area (TPSA) is 53.4 Å². The Hall–Kier alpha value is -1.92. The van der Waals surface area contributed by atoms with Gasteiger partial charge < -0.3 is 13.9 Å². The Morgan fingerprint density at radius 3 is 2.59 bits per heavy atom. The molecule has 0 spiro atoms. The van der Waals surface area contributed by atoms with Crippen LogP contribution in [0.2, 0.25) is 0 Å². The first-order valence-corrected chi connectivity index (χ1v) is 7.35. The van der Waals surface area contributed by atoms with E-state index in [4.69, 9.17) is 9.31 Å². The molecule has 1 saturated heterocycles. The predicted molar refractivity (Wildman–Crippen MR) is 84.2 cm³/mol. The van der Waals surface area contributed by atoms with E-state index in [1.165, 1.54) is 0 Å². The predicted octanol–water partition coefficient (Wildman–Crippen LogP) is 1.51. The summed E-state index contributed by atoms with van der Waals surface area (Å²) in [6.45, 7) is 6.26. The van der Waals surface area contributed by atoms with Crippen LogP contribution < -0.4 is 5.46 Å². The molecule has 22 heavy (non-hydrogen) atoms. The summed E-state index contributed by atoms with van der Waals surface area (Å²) < 4.78 is 13.4. The first kappa shape index (κ1) is 15.0. The van der Waals surface area contributed by atoms with Crippen molar-refractivity contribution >= 4 is 18.9 Å². The highest BCUT2D eigenvalue weighted by Crippen LogP contribution is 2.21. The lowest BCUT2D eigenvalue weighted by Crippen LogP contribution is -2.47. The zero-order valence-corrected chi connectivity index (χ0v) is 12.9. The smallest absolute Gasteiger partial charge is 0.407 e. The summed E-state index contributed by atoms with van der Waals surface area (Å²) in [4.78, 5) is 14.9. The third kappa shape index (κ3) is 3.29. The Morgan fingerprint density at radius 2 is 1.95 bits per heavy atom. The summed E-state index contributed by atoms with van der Waals surface area (Å²) in [5, 5.41) is 0. The Balaban J connectivity index is 1.67. The minimum atomic E-state index is -0.291. The van der Waals surface area contributed by atoms with Gasteiger partial charge in [0.25, 0.3) is 0 Å². The molecule has 1 aliphatic heterocycles. The molecule has 0 aliphatic carbocycles. The fraction of sp³-hybridized carbons (Fsp3) is 0.375. The van der Waals surface area contributed by atoms with Gasteiger partial charge >= 0.3 is 7.12 Å². The number of carbonyl (C=O) groups excluding carboxylic acids is 1. The zero-order valence-electron chi connectivity index (χ0n) is 12.9. The molecule has 0 bridgehead atoms. The monoisotopic (exact) mass is 298 g/mol. The second-order valence-corrected chi connectivity index (χ2v) is 6.42. The normalized spacial score (nSPS) is 17.5. The molecule has 0 N–H and O–H groups in total. The lowest BCUT2D eigenvalue weighted by Gasteiger charge is -2.33. The minimum Gasteiger partial charge on any atom is -0.407 e. The number of rotatable bonds is 4. The molecule has 114 valence electrons. The van der Waals surface area contributed by atoms with Gasteiger partial charge in [-0.1, -0.05) is 38.1 Å². The lowest BCUT2D eigenvalue weighted by molar-refractivity contribution is 0.0343. The van der Waals surface area contributed by atoms with E-state index in [-0.39, 0.29) is 12.5 Å². The molecule has 1 aliphatic rings. The van der Waals surface area contributed by atoms with E-state index in [0.717, 1.165) is 17.3 Å². The van der Waals surface area contributed by atoms with Crippen LogP contribution in [0.15, 0.2) is 36.8 Å². The van der Waals surface area contributed by atoms with Crippen molar-refractivity contribution in [2.75, 3.05) is 13.2 Å². The molecule has 1 aromatic heterocycles. The maximum atomic E-state index is 10.9. The number of aldehydes is 1. The van der Waals surface area contributed by atoms with Crippen molar-refractivity contribution in [3.8, 4) is 0 Å². The number of hydrogen-bond donors (Lipinski definition) is 0. The van der Waals surface area contributed by atoms with Crippen LogP contribution in [-0.2, 0) is 15.9 Å². The maximum absolute atomic E-state index is 10.9. The van der Waals surface area contributed by atoms with Crippen molar-refractivity contribution in [1.82, 2.24) is 9.55 Å². The molecule has 0 unspecified atom stereocenters. The number of nitrogens with zero attached hydrogens (tertiary/aromatic N) is 2. The van der Waals surface area contributed by atoms with E-state index in [1.807, 2.05) is 28.8 Å². The number of imidazole rings is 1. The van der Waals surface area contributed by atoms with E-state index in [2.05, 4.69) is 18.8 Å². The summed E-state index contributed by atoms with van der Waals surface area (Å²) in [7, 11) is -0.291. The Bertz CT molecular complexity index is 642. The third-order valence-electron chi connectivity index (χ3n) is 3.72. The summed E-state index contributed by atoms with van der Waals surface area (Å²) >= 11 is 0. The molecular formula is C16H19BN2O3. The van der Waals surface area contributed by atoms with E-state index in [0.29, 0.717) is 25.5 Å². The molecule has 5 nitrogen and oxygen atoms in total. The van der Waals surface area contributed by atoms with Crippen LogP contribution >= 0.6 is 0 Å². The van der Waals surface area contributed by atoms with Crippen LogP contribution in [0.25, 0.3) is 0 Å². The average molecular weight is 298 g/mol. The summed E-state index contributed by atoms with van der Waals surface area (Å²) in [6, 6.07) is 8.07. The molecule has 3 rings (SSSR count). The highest BCUT2D eigenvalue weighted by Gasteiger charge is 2.33. The van der Waals surface area contributed by atoms with Crippen molar-refractivity contribution in [1.29, 1.82) is 0 Å². The van der Waals surface area contributed by atoms with Crippen LogP contribution in [0.3, 0.4) is 0 Å². The number of benzene rings is 1. The highest BCUT2D eigenvalue weighted by atomic mass is 16.6. The highest BCUT2D eigenvalue weighted by molar-refractivity contribution is 6.61. The molecule has 0 amide bonds. The largest absolute Gasteiger partial charge is 0.493 e. The fourth-order valence-electron chi connectivity index (χ4n) is 2.42. The van der Waals surface area contributed by atoms with Crippen molar-refractivity contribution in [2.24, 2.45) is 5.41 Å². The molecule has 2 aromatic rings. The summed E-state index contributed by atoms with van der Waals surface area (Å²) in [6.07, 6.45) is 4.03. The quantitative estimate of drug-likeness (QED) is 0.634. The van der Waals surface area contributed by atoms with Crippen molar-refractivity contribution in [2.45, 2.75) is 20.4 Å². The lowest BCUT2D eigenvalue weighted by atomic mass is 9.76. The summed E-state index contributed by atoms with van der Waals surface area (Å²) in [5.74, 6) is 0. The van der Waals surface area contributed by atoms with Gasteiger partial charge in [0.1, 0.15) is 5.69 Å². The van der Waals surface area contributed by atoms with Gasteiger partial charge in [-0.3, -0.25) is 4.79 Å². The van der Waals surface area contributed by atoms with Gasteiger partial charge in [-0.05, 0) is 11.0 Å². The van der Waals surface area contributed by atoms with Gasteiger partial charge in [0, 0.05) is 25.2 Å². The summed E-state index contributed by atoms with van der Waals surface area (Å²) in [5.41, 5.74) is 2.76. The molecule has 0 radical (unpaired) electrons. The molecule has 6 heteroatoms. The molecular weight excluding hydrogens is 279 g/mol. The molecule has 1 fully saturated rings. The Labute approximate surface area is 130 Å². The Morgan fingerprint density at radius 1 is 1.27 bits per heavy atom. The Kier molecular flexibility index (Phi) is 4.13. The van der Waals surface area contributed by atoms with Crippen LogP contribution in [0.4, 0.5) is 0 Å². The van der Waals surface area contributed by atoms with Crippen molar-refractivity contribution in [3.05, 3.63) is 48.0 Å². The number of carbonyl (C=O) groups is 1. The van der Waals surface area contributed by atoms with Gasteiger partial charge in [0.2, 0.25) is 0 Å². The zero-order chi connectivity index (χ0) is 15.6. The van der Waals surface area contributed by atoms with Crippen LogP contribution in [0.1, 0.15) is 29.9 Å². The first-order chi connectivity index (χ1) is 10.6. The standard InChI is InChI=1S/C16H19BN2O3/c1-16(2)10-21-17(22-11-16)14-5-3-13(4-6-14)8-19-12-18-7-15(19)9-20/h3-7,9,12H,8,10-11H2,1-2H3. The van der Waals surface area contributed by atoms with E-state index < -0.39 is 0 Å². The molecule has 0 atom stereocenters. The van der Waals surface area contributed by atoms with Crippen LogP contribution in [0, 0.1) is 5.41 Å². The van der Waals surface area contributed by atoms with Crippen molar-refractivity contribution < 1.29 is 14.1 Å². The van der Waals surface area contributed by atoms with Crippen LogP contribution in [0.5, 0.6) is 0 Å². The number of aromatic nitrogens is 2. The molecule has 1 aromatic carbocycles. The fourth-order valence-corrected chi connectivity index (χ4v) is 2.42. The van der Waals surface area contributed by atoms with Gasteiger partial charge in [-0.2, -0.15) is 0 Å². The van der Waals surface area contributed by atoms with Gasteiger partial charge in [-0.15, -0.1) is 0 Å². The van der Waals surface area contributed by atoms with E-state index in [1.54, 1.807) is 12.5 Å². The van der Waals surface area contributed by atoms with Crippen molar-refractivity contribution in [3.63, 3.8) is 0 Å². The molecule has 2 heterocycles. The second kappa shape index (κ2) is 6.06. The minimum absolute atomic E-state index is 0.0725. The van der Waals surface area contributed by atoms with Gasteiger partial charge in [-0.25, -0.2) is 4.98 Å². The first-order valence-electron chi connectivity index (χ1n) is 7.35. The molecule has 0 saturated carbocycles. The van der Waals surface area contributed by atoms with Crippen LogP contribution in [-0.4, -0.2) is 36.2 Å².